The number of hydrogen-bond donors (Lipinski definition) is 3. The molecule has 2 aromatic rings. The average molecular weight is 326 g/mol. The van der Waals surface area contributed by atoms with Gasteiger partial charge < -0.3 is 15.7 Å². The SMILES string of the molecule is CC[C@H](CO)NC(=O)NCCC(c1ccccc1)c1ccccc1. The highest BCUT2D eigenvalue weighted by Gasteiger charge is 2.14. The first-order valence-electron chi connectivity index (χ1n) is 8.49. The van der Waals surface area contributed by atoms with Crippen molar-refractivity contribution in [2.24, 2.45) is 0 Å². The van der Waals surface area contributed by atoms with Gasteiger partial charge in [-0.15, -0.1) is 0 Å². The van der Waals surface area contributed by atoms with Crippen LogP contribution in [-0.2, 0) is 0 Å². The van der Waals surface area contributed by atoms with Gasteiger partial charge in [-0.1, -0.05) is 67.6 Å². The second-order valence-corrected chi connectivity index (χ2v) is 5.85. The summed E-state index contributed by atoms with van der Waals surface area (Å²) in [5, 5.41) is 14.8. The van der Waals surface area contributed by atoms with Crippen LogP contribution in [0.25, 0.3) is 0 Å². The summed E-state index contributed by atoms with van der Waals surface area (Å²) in [7, 11) is 0. The van der Waals surface area contributed by atoms with E-state index in [1.54, 1.807) is 0 Å². The maximum Gasteiger partial charge on any atom is 0.315 e. The largest absolute Gasteiger partial charge is 0.394 e. The Labute approximate surface area is 143 Å². The van der Waals surface area contributed by atoms with E-state index in [1.165, 1.54) is 11.1 Å². The molecule has 0 spiro atoms. The number of amides is 2. The second-order valence-electron chi connectivity index (χ2n) is 5.85. The van der Waals surface area contributed by atoms with Crippen molar-refractivity contribution in [3.63, 3.8) is 0 Å². The van der Waals surface area contributed by atoms with E-state index in [1.807, 2.05) is 43.3 Å². The number of carbonyl (C=O) groups is 1. The summed E-state index contributed by atoms with van der Waals surface area (Å²) >= 11 is 0. The number of urea groups is 1. The molecule has 128 valence electrons. The molecule has 0 unspecified atom stereocenters. The van der Waals surface area contributed by atoms with Crippen LogP contribution in [0.4, 0.5) is 4.79 Å². The van der Waals surface area contributed by atoms with Crippen molar-refractivity contribution in [2.45, 2.75) is 31.7 Å². The molecule has 24 heavy (non-hydrogen) atoms. The third-order valence-electron chi connectivity index (χ3n) is 4.17. The maximum absolute atomic E-state index is 11.9. The highest BCUT2D eigenvalue weighted by molar-refractivity contribution is 5.74. The summed E-state index contributed by atoms with van der Waals surface area (Å²) in [4.78, 5) is 11.9. The molecule has 0 heterocycles. The number of hydrogen-bond acceptors (Lipinski definition) is 2. The number of rotatable bonds is 8. The molecule has 1 atom stereocenters. The summed E-state index contributed by atoms with van der Waals surface area (Å²) < 4.78 is 0. The fourth-order valence-electron chi connectivity index (χ4n) is 2.74. The van der Waals surface area contributed by atoms with Gasteiger partial charge in [-0.05, 0) is 24.0 Å². The number of carbonyl (C=O) groups excluding carboxylic acids is 1. The number of nitrogens with one attached hydrogen (secondary N) is 2. The first-order chi connectivity index (χ1) is 11.7. The molecule has 0 aromatic heterocycles. The summed E-state index contributed by atoms with van der Waals surface area (Å²) in [5.41, 5.74) is 2.49. The summed E-state index contributed by atoms with van der Waals surface area (Å²) in [5.74, 6) is 0.243. The van der Waals surface area contributed by atoms with Crippen molar-refractivity contribution in [3.8, 4) is 0 Å². The van der Waals surface area contributed by atoms with Gasteiger partial charge in [-0.3, -0.25) is 0 Å². The lowest BCUT2D eigenvalue weighted by molar-refractivity contribution is 0.214. The first kappa shape index (κ1) is 18.0. The van der Waals surface area contributed by atoms with E-state index in [0.717, 1.165) is 6.42 Å². The summed E-state index contributed by atoms with van der Waals surface area (Å²) in [6.07, 6.45) is 1.53. The highest BCUT2D eigenvalue weighted by Crippen LogP contribution is 2.27. The number of benzene rings is 2. The van der Waals surface area contributed by atoms with Crippen molar-refractivity contribution in [1.29, 1.82) is 0 Å². The number of aliphatic hydroxyl groups is 1. The van der Waals surface area contributed by atoms with E-state index >= 15 is 0 Å². The Hall–Kier alpha value is -2.33. The van der Waals surface area contributed by atoms with Gasteiger partial charge in [-0.25, -0.2) is 4.79 Å². The molecule has 0 aliphatic rings. The Morgan fingerprint density at radius 1 is 1.00 bits per heavy atom. The minimum absolute atomic E-state index is 0.0411. The summed E-state index contributed by atoms with van der Waals surface area (Å²) in [6.45, 7) is 2.46. The molecular formula is C20H26N2O2. The van der Waals surface area contributed by atoms with E-state index in [9.17, 15) is 4.79 Å². The fourth-order valence-corrected chi connectivity index (χ4v) is 2.74. The molecule has 4 heteroatoms. The van der Waals surface area contributed by atoms with Crippen LogP contribution >= 0.6 is 0 Å². The molecule has 0 aliphatic heterocycles. The fraction of sp³-hybridized carbons (Fsp3) is 0.350. The standard InChI is InChI=1S/C20H26N2O2/c1-2-18(15-23)22-20(24)21-14-13-19(16-9-5-3-6-10-16)17-11-7-4-8-12-17/h3-12,18-19,23H,2,13-15H2,1H3,(H2,21,22,24)/t18-/m1/s1. The van der Waals surface area contributed by atoms with Crippen LogP contribution in [0.5, 0.6) is 0 Å². The van der Waals surface area contributed by atoms with E-state index < -0.39 is 0 Å². The number of aliphatic hydroxyl groups excluding tert-OH is 1. The van der Waals surface area contributed by atoms with Crippen molar-refractivity contribution >= 4 is 6.03 Å². The van der Waals surface area contributed by atoms with E-state index in [0.29, 0.717) is 13.0 Å². The molecule has 3 N–H and O–H groups in total. The monoisotopic (exact) mass is 326 g/mol. The van der Waals surface area contributed by atoms with E-state index in [2.05, 4.69) is 34.9 Å². The van der Waals surface area contributed by atoms with Crippen molar-refractivity contribution in [2.75, 3.05) is 13.2 Å². The Morgan fingerprint density at radius 3 is 2.00 bits per heavy atom. The van der Waals surface area contributed by atoms with Gasteiger partial charge in [0.25, 0.3) is 0 Å². The topological polar surface area (TPSA) is 61.4 Å². The van der Waals surface area contributed by atoms with Gasteiger partial charge in [0, 0.05) is 12.5 Å². The van der Waals surface area contributed by atoms with Crippen molar-refractivity contribution in [1.82, 2.24) is 10.6 Å². The normalized spacial score (nSPS) is 12.0. The molecular weight excluding hydrogens is 300 g/mol. The zero-order valence-electron chi connectivity index (χ0n) is 14.1. The van der Waals surface area contributed by atoms with Gasteiger partial charge in [-0.2, -0.15) is 0 Å². The molecule has 0 bridgehead atoms. The molecule has 0 radical (unpaired) electrons. The van der Waals surface area contributed by atoms with Crippen molar-refractivity contribution in [3.05, 3.63) is 71.8 Å². The summed E-state index contributed by atoms with van der Waals surface area (Å²) in [6, 6.07) is 20.3. The van der Waals surface area contributed by atoms with Crippen LogP contribution in [0, 0.1) is 0 Å². The van der Waals surface area contributed by atoms with E-state index in [-0.39, 0.29) is 24.6 Å². The van der Waals surface area contributed by atoms with Crippen LogP contribution in [0.2, 0.25) is 0 Å². The molecule has 2 rings (SSSR count). The van der Waals surface area contributed by atoms with Crippen LogP contribution in [-0.4, -0.2) is 30.3 Å². The average Bonchev–Trinajstić information content (AvgIpc) is 2.64. The molecule has 0 fully saturated rings. The minimum atomic E-state index is -0.226. The predicted octanol–water partition coefficient (Wildman–Crippen LogP) is 3.28. The maximum atomic E-state index is 11.9. The lowest BCUT2D eigenvalue weighted by Crippen LogP contribution is -2.43. The Morgan fingerprint density at radius 2 is 1.54 bits per heavy atom. The van der Waals surface area contributed by atoms with Gasteiger partial charge in [0.05, 0.1) is 12.6 Å². The van der Waals surface area contributed by atoms with Crippen LogP contribution in [0.1, 0.15) is 36.8 Å². The quantitative estimate of drug-likeness (QED) is 0.697. The molecule has 0 saturated carbocycles. The second kappa shape index (κ2) is 9.73. The first-order valence-corrected chi connectivity index (χ1v) is 8.49. The minimum Gasteiger partial charge on any atom is -0.394 e. The molecule has 2 amide bonds. The predicted molar refractivity (Wildman–Crippen MR) is 97.0 cm³/mol. The van der Waals surface area contributed by atoms with Crippen molar-refractivity contribution < 1.29 is 9.90 Å². The highest BCUT2D eigenvalue weighted by atomic mass is 16.3. The molecule has 2 aromatic carbocycles. The lowest BCUT2D eigenvalue weighted by atomic mass is 9.88. The third-order valence-corrected chi connectivity index (χ3v) is 4.17. The van der Waals surface area contributed by atoms with Crippen LogP contribution in [0.15, 0.2) is 60.7 Å². The Balaban J connectivity index is 1.96. The molecule has 4 nitrogen and oxygen atoms in total. The molecule has 0 aliphatic carbocycles. The Bertz CT molecular complexity index is 558. The van der Waals surface area contributed by atoms with Gasteiger partial charge in [0.2, 0.25) is 0 Å². The molecule has 0 saturated heterocycles. The van der Waals surface area contributed by atoms with Gasteiger partial charge >= 0.3 is 6.03 Å². The Kier molecular flexibility index (Phi) is 7.30. The third kappa shape index (κ3) is 5.39. The smallest absolute Gasteiger partial charge is 0.315 e. The van der Waals surface area contributed by atoms with Crippen LogP contribution < -0.4 is 10.6 Å². The van der Waals surface area contributed by atoms with Crippen LogP contribution in [0.3, 0.4) is 0 Å². The van der Waals surface area contributed by atoms with Gasteiger partial charge in [0.1, 0.15) is 0 Å². The lowest BCUT2D eigenvalue weighted by Gasteiger charge is -2.19. The van der Waals surface area contributed by atoms with Gasteiger partial charge in [0.15, 0.2) is 0 Å². The zero-order valence-corrected chi connectivity index (χ0v) is 14.1. The zero-order chi connectivity index (χ0) is 17.2. The van der Waals surface area contributed by atoms with E-state index in [4.69, 9.17) is 5.11 Å².